The lowest BCUT2D eigenvalue weighted by molar-refractivity contribution is -0.124. The fraction of sp³-hybridized carbons (Fsp3) is 0.333. The van der Waals surface area contributed by atoms with Gasteiger partial charge in [0.25, 0.3) is 0 Å². The van der Waals surface area contributed by atoms with Crippen molar-refractivity contribution < 1.29 is 9.59 Å². The Hall–Kier alpha value is -1.84. The van der Waals surface area contributed by atoms with Crippen molar-refractivity contribution in [2.45, 2.75) is 19.8 Å². The average molecular weight is 220 g/mol. The Balaban J connectivity index is 2.31. The lowest BCUT2D eigenvalue weighted by atomic mass is 10.1. The van der Waals surface area contributed by atoms with Crippen molar-refractivity contribution >= 4 is 11.8 Å². The minimum absolute atomic E-state index is 0.0905. The van der Waals surface area contributed by atoms with Gasteiger partial charge in [-0.25, -0.2) is 0 Å². The van der Waals surface area contributed by atoms with E-state index < -0.39 is 5.91 Å². The second-order valence-electron chi connectivity index (χ2n) is 3.73. The molecule has 0 spiro atoms. The summed E-state index contributed by atoms with van der Waals surface area (Å²) in [6.45, 7) is 1.93. The highest BCUT2D eigenvalue weighted by Crippen LogP contribution is 2.05. The van der Waals surface area contributed by atoms with Gasteiger partial charge in [0.15, 0.2) is 0 Å². The van der Waals surface area contributed by atoms with Crippen molar-refractivity contribution in [3.05, 3.63) is 35.4 Å². The molecule has 0 saturated heterocycles. The molecule has 0 aliphatic rings. The molecule has 86 valence electrons. The molecular weight excluding hydrogens is 204 g/mol. The molecule has 1 aromatic rings. The Bertz CT molecular complexity index is 371. The first-order chi connectivity index (χ1) is 7.58. The zero-order valence-electron chi connectivity index (χ0n) is 9.32. The van der Waals surface area contributed by atoms with E-state index in [1.807, 2.05) is 31.2 Å². The first kappa shape index (κ1) is 12.2. The van der Waals surface area contributed by atoms with Gasteiger partial charge in [-0.1, -0.05) is 29.8 Å². The number of aryl methyl sites for hydroxylation is 2. The number of hydrogen-bond acceptors (Lipinski definition) is 2. The number of rotatable bonds is 5. The lowest BCUT2D eigenvalue weighted by Crippen LogP contribution is -2.33. The second kappa shape index (κ2) is 5.90. The summed E-state index contributed by atoms with van der Waals surface area (Å²) in [7, 11) is 0. The predicted octanol–water partition coefficient (Wildman–Crippen LogP) is 0.529. The van der Waals surface area contributed by atoms with Crippen LogP contribution in [0.5, 0.6) is 0 Å². The summed E-state index contributed by atoms with van der Waals surface area (Å²) >= 11 is 0. The third-order valence-corrected chi connectivity index (χ3v) is 2.22. The fourth-order valence-electron chi connectivity index (χ4n) is 1.29. The molecule has 0 radical (unpaired) electrons. The third kappa shape index (κ3) is 4.59. The Morgan fingerprint density at radius 2 is 1.88 bits per heavy atom. The molecular formula is C12H16N2O2. The van der Waals surface area contributed by atoms with Gasteiger partial charge in [0.2, 0.25) is 11.8 Å². The maximum Gasteiger partial charge on any atom is 0.236 e. The Morgan fingerprint density at radius 3 is 2.44 bits per heavy atom. The molecule has 0 aliphatic carbocycles. The average Bonchev–Trinajstić information content (AvgIpc) is 2.25. The molecule has 0 atom stereocenters. The van der Waals surface area contributed by atoms with Crippen molar-refractivity contribution in [2.75, 3.05) is 6.54 Å². The topological polar surface area (TPSA) is 72.2 Å². The number of amides is 2. The monoisotopic (exact) mass is 220 g/mol. The summed E-state index contributed by atoms with van der Waals surface area (Å²) in [5.41, 5.74) is 7.22. The van der Waals surface area contributed by atoms with Gasteiger partial charge in [-0.2, -0.15) is 0 Å². The predicted molar refractivity (Wildman–Crippen MR) is 61.7 cm³/mol. The zero-order chi connectivity index (χ0) is 12.0. The van der Waals surface area contributed by atoms with Crippen LogP contribution in [0.15, 0.2) is 24.3 Å². The van der Waals surface area contributed by atoms with Crippen LogP contribution in [0.3, 0.4) is 0 Å². The number of hydrogen-bond donors (Lipinski definition) is 2. The van der Waals surface area contributed by atoms with Gasteiger partial charge in [0, 0.05) is 6.42 Å². The van der Waals surface area contributed by atoms with Crippen molar-refractivity contribution in [1.82, 2.24) is 5.32 Å². The molecule has 16 heavy (non-hydrogen) atoms. The number of carbonyl (C=O) groups excluding carboxylic acids is 2. The van der Waals surface area contributed by atoms with E-state index in [-0.39, 0.29) is 12.5 Å². The van der Waals surface area contributed by atoms with Crippen LogP contribution in [0.25, 0.3) is 0 Å². The highest BCUT2D eigenvalue weighted by Gasteiger charge is 2.03. The summed E-state index contributed by atoms with van der Waals surface area (Å²) in [6.07, 6.45) is 1.04. The minimum Gasteiger partial charge on any atom is -0.368 e. The van der Waals surface area contributed by atoms with Crippen LogP contribution < -0.4 is 11.1 Å². The van der Waals surface area contributed by atoms with E-state index in [4.69, 9.17) is 5.73 Å². The summed E-state index contributed by atoms with van der Waals surface area (Å²) in [6, 6.07) is 8.01. The molecule has 4 heteroatoms. The van der Waals surface area contributed by atoms with Gasteiger partial charge in [-0.15, -0.1) is 0 Å². The van der Waals surface area contributed by atoms with Crippen molar-refractivity contribution in [1.29, 1.82) is 0 Å². The van der Waals surface area contributed by atoms with E-state index in [0.717, 1.165) is 5.56 Å². The van der Waals surface area contributed by atoms with Gasteiger partial charge in [-0.3, -0.25) is 9.59 Å². The van der Waals surface area contributed by atoms with Gasteiger partial charge < -0.3 is 11.1 Å². The number of nitrogens with one attached hydrogen (secondary N) is 1. The van der Waals surface area contributed by atoms with E-state index in [2.05, 4.69) is 5.32 Å². The van der Waals surface area contributed by atoms with Crippen molar-refractivity contribution in [3.63, 3.8) is 0 Å². The van der Waals surface area contributed by atoms with E-state index in [1.54, 1.807) is 0 Å². The Labute approximate surface area is 94.8 Å². The molecule has 4 nitrogen and oxygen atoms in total. The van der Waals surface area contributed by atoms with Crippen LogP contribution in [-0.4, -0.2) is 18.4 Å². The fourth-order valence-corrected chi connectivity index (χ4v) is 1.29. The van der Waals surface area contributed by atoms with Crippen molar-refractivity contribution in [3.8, 4) is 0 Å². The zero-order valence-corrected chi connectivity index (χ0v) is 9.32. The lowest BCUT2D eigenvalue weighted by Gasteiger charge is -2.03. The van der Waals surface area contributed by atoms with Gasteiger partial charge in [0.1, 0.15) is 0 Å². The van der Waals surface area contributed by atoms with Crippen molar-refractivity contribution in [2.24, 2.45) is 5.73 Å². The summed E-state index contributed by atoms with van der Waals surface area (Å²) in [4.78, 5) is 21.7. The van der Waals surface area contributed by atoms with E-state index >= 15 is 0 Å². The standard InChI is InChI=1S/C12H16N2O2/c1-9-2-4-10(5-3-9)6-7-12(16)14-8-11(13)15/h2-5H,6-8H2,1H3,(H2,13,15)(H,14,16). The summed E-state index contributed by atoms with van der Waals surface area (Å²) < 4.78 is 0. The largest absolute Gasteiger partial charge is 0.368 e. The van der Waals surface area contributed by atoms with E-state index in [0.29, 0.717) is 12.8 Å². The van der Waals surface area contributed by atoms with Crippen LogP contribution in [0, 0.1) is 6.92 Å². The molecule has 2 amide bonds. The van der Waals surface area contributed by atoms with Crippen LogP contribution in [0.4, 0.5) is 0 Å². The quantitative estimate of drug-likeness (QED) is 0.759. The molecule has 3 N–H and O–H groups in total. The van der Waals surface area contributed by atoms with Crippen LogP contribution >= 0.6 is 0 Å². The smallest absolute Gasteiger partial charge is 0.236 e. The third-order valence-electron chi connectivity index (χ3n) is 2.22. The Morgan fingerprint density at radius 1 is 1.25 bits per heavy atom. The number of carbonyl (C=O) groups is 2. The highest BCUT2D eigenvalue weighted by molar-refractivity contribution is 5.83. The maximum absolute atomic E-state index is 11.3. The van der Waals surface area contributed by atoms with Gasteiger partial charge in [0.05, 0.1) is 6.54 Å². The first-order valence-electron chi connectivity index (χ1n) is 5.18. The van der Waals surface area contributed by atoms with Crippen LogP contribution in [0.1, 0.15) is 17.5 Å². The van der Waals surface area contributed by atoms with Gasteiger partial charge in [-0.05, 0) is 18.9 Å². The number of nitrogens with two attached hydrogens (primary N) is 1. The SMILES string of the molecule is Cc1ccc(CCC(=O)NCC(N)=O)cc1. The van der Waals surface area contributed by atoms with E-state index in [9.17, 15) is 9.59 Å². The van der Waals surface area contributed by atoms with Crippen LogP contribution in [0.2, 0.25) is 0 Å². The highest BCUT2D eigenvalue weighted by atomic mass is 16.2. The van der Waals surface area contributed by atoms with Crippen LogP contribution in [-0.2, 0) is 16.0 Å². The normalized spacial score (nSPS) is 9.81. The molecule has 0 fully saturated rings. The molecule has 0 unspecified atom stereocenters. The number of benzene rings is 1. The summed E-state index contributed by atoms with van der Waals surface area (Å²) in [5, 5.41) is 2.45. The number of primary amides is 1. The molecule has 0 heterocycles. The molecule has 0 aliphatic heterocycles. The summed E-state index contributed by atoms with van der Waals surface area (Å²) in [5.74, 6) is -0.678. The molecule has 0 aromatic heterocycles. The maximum atomic E-state index is 11.3. The van der Waals surface area contributed by atoms with E-state index in [1.165, 1.54) is 5.56 Å². The second-order valence-corrected chi connectivity index (χ2v) is 3.73. The molecule has 1 rings (SSSR count). The molecule has 1 aromatic carbocycles. The Kier molecular flexibility index (Phi) is 4.51. The minimum atomic E-state index is -0.524. The first-order valence-corrected chi connectivity index (χ1v) is 5.18. The van der Waals surface area contributed by atoms with Gasteiger partial charge >= 0.3 is 0 Å². The molecule has 0 bridgehead atoms. The molecule has 0 saturated carbocycles.